The molecule has 4 nitrogen and oxygen atoms in total. The highest BCUT2D eigenvalue weighted by molar-refractivity contribution is 5.82. The van der Waals surface area contributed by atoms with Gasteiger partial charge in [-0.1, -0.05) is 26.0 Å². The van der Waals surface area contributed by atoms with Gasteiger partial charge in [-0.05, 0) is 37.0 Å². The molecule has 1 aliphatic heterocycles. The summed E-state index contributed by atoms with van der Waals surface area (Å²) in [5.74, 6) is 0.560. The van der Waals surface area contributed by atoms with Crippen molar-refractivity contribution in [3.8, 4) is 0 Å². The molecule has 0 saturated carbocycles. The SMILES string of the molecule is Cc1cccc(N2CCN(C(=O)C(N)CC(C)C)CC2)c1. The maximum absolute atomic E-state index is 12.3. The van der Waals surface area contributed by atoms with Gasteiger partial charge in [0.1, 0.15) is 0 Å². The molecular formula is C17H27N3O. The van der Waals surface area contributed by atoms with Crippen molar-refractivity contribution < 1.29 is 4.79 Å². The third-order valence-electron chi connectivity index (χ3n) is 4.00. The maximum atomic E-state index is 12.3. The fraction of sp³-hybridized carbons (Fsp3) is 0.588. The Balaban J connectivity index is 1.89. The number of aryl methyl sites for hydroxylation is 1. The van der Waals surface area contributed by atoms with Gasteiger partial charge < -0.3 is 15.5 Å². The third kappa shape index (κ3) is 4.21. The van der Waals surface area contributed by atoms with Gasteiger partial charge in [0.25, 0.3) is 0 Å². The lowest BCUT2D eigenvalue weighted by molar-refractivity contribution is -0.133. The molecule has 1 unspecified atom stereocenters. The van der Waals surface area contributed by atoms with E-state index in [0.717, 1.165) is 32.6 Å². The third-order valence-corrected chi connectivity index (χ3v) is 4.00. The molecule has 21 heavy (non-hydrogen) atoms. The van der Waals surface area contributed by atoms with Gasteiger partial charge in [-0.3, -0.25) is 4.79 Å². The molecule has 1 amide bonds. The quantitative estimate of drug-likeness (QED) is 0.922. The van der Waals surface area contributed by atoms with E-state index in [0.29, 0.717) is 5.92 Å². The van der Waals surface area contributed by atoms with E-state index in [9.17, 15) is 4.79 Å². The Bertz CT molecular complexity index is 479. The minimum absolute atomic E-state index is 0.104. The largest absolute Gasteiger partial charge is 0.368 e. The number of carbonyl (C=O) groups excluding carboxylic acids is 1. The summed E-state index contributed by atoms with van der Waals surface area (Å²) in [6.45, 7) is 9.59. The molecule has 1 aromatic carbocycles. The minimum atomic E-state index is -0.351. The summed E-state index contributed by atoms with van der Waals surface area (Å²) in [5.41, 5.74) is 8.52. The number of hydrogen-bond donors (Lipinski definition) is 1. The Labute approximate surface area is 127 Å². The molecular weight excluding hydrogens is 262 g/mol. The fourth-order valence-electron chi connectivity index (χ4n) is 2.85. The zero-order valence-electron chi connectivity index (χ0n) is 13.4. The van der Waals surface area contributed by atoms with E-state index in [1.165, 1.54) is 11.3 Å². The fourth-order valence-corrected chi connectivity index (χ4v) is 2.85. The lowest BCUT2D eigenvalue weighted by Crippen LogP contribution is -2.53. The highest BCUT2D eigenvalue weighted by Crippen LogP contribution is 2.18. The molecule has 0 radical (unpaired) electrons. The Hall–Kier alpha value is -1.55. The summed E-state index contributed by atoms with van der Waals surface area (Å²) in [7, 11) is 0. The van der Waals surface area contributed by atoms with Crippen molar-refractivity contribution >= 4 is 11.6 Å². The Kier molecular flexibility index (Phi) is 5.23. The highest BCUT2D eigenvalue weighted by atomic mass is 16.2. The maximum Gasteiger partial charge on any atom is 0.239 e. The molecule has 2 rings (SSSR count). The molecule has 0 aliphatic carbocycles. The lowest BCUT2D eigenvalue weighted by atomic mass is 10.0. The van der Waals surface area contributed by atoms with Gasteiger partial charge in [-0.15, -0.1) is 0 Å². The average Bonchev–Trinajstić information content (AvgIpc) is 2.46. The van der Waals surface area contributed by atoms with E-state index in [1.54, 1.807) is 0 Å². The minimum Gasteiger partial charge on any atom is -0.368 e. The summed E-state index contributed by atoms with van der Waals surface area (Å²) in [4.78, 5) is 16.6. The van der Waals surface area contributed by atoms with Crippen LogP contribution in [0.3, 0.4) is 0 Å². The second kappa shape index (κ2) is 6.94. The normalized spacial score (nSPS) is 17.2. The van der Waals surface area contributed by atoms with E-state index >= 15 is 0 Å². The number of amides is 1. The second-order valence-electron chi connectivity index (χ2n) is 6.39. The van der Waals surface area contributed by atoms with E-state index in [-0.39, 0.29) is 11.9 Å². The van der Waals surface area contributed by atoms with Crippen LogP contribution < -0.4 is 10.6 Å². The number of nitrogens with zero attached hydrogens (tertiary/aromatic N) is 2. The van der Waals surface area contributed by atoms with Gasteiger partial charge >= 0.3 is 0 Å². The van der Waals surface area contributed by atoms with Crippen LogP contribution in [-0.2, 0) is 4.79 Å². The Morgan fingerprint density at radius 3 is 2.48 bits per heavy atom. The Morgan fingerprint density at radius 1 is 1.24 bits per heavy atom. The molecule has 1 aromatic rings. The first-order chi connectivity index (χ1) is 9.97. The summed E-state index contributed by atoms with van der Waals surface area (Å²) >= 11 is 0. The topological polar surface area (TPSA) is 49.6 Å². The molecule has 0 aromatic heterocycles. The second-order valence-corrected chi connectivity index (χ2v) is 6.39. The number of rotatable bonds is 4. The van der Waals surface area contributed by atoms with Gasteiger partial charge in [0.2, 0.25) is 5.91 Å². The van der Waals surface area contributed by atoms with Crippen LogP contribution >= 0.6 is 0 Å². The smallest absolute Gasteiger partial charge is 0.239 e. The standard InChI is InChI=1S/C17H27N3O/c1-13(2)11-16(18)17(21)20-9-7-19(8-10-20)15-6-4-5-14(3)12-15/h4-6,12-13,16H,7-11,18H2,1-3H3. The molecule has 1 fully saturated rings. The molecule has 0 spiro atoms. The van der Waals surface area contributed by atoms with Crippen LogP contribution in [0, 0.1) is 12.8 Å². The van der Waals surface area contributed by atoms with Gasteiger partial charge in [-0.2, -0.15) is 0 Å². The van der Waals surface area contributed by atoms with Crippen molar-refractivity contribution in [3.05, 3.63) is 29.8 Å². The van der Waals surface area contributed by atoms with Crippen LogP contribution in [0.2, 0.25) is 0 Å². The first-order valence-electron chi connectivity index (χ1n) is 7.83. The first kappa shape index (κ1) is 15.8. The summed E-state index contributed by atoms with van der Waals surface area (Å²) in [5, 5.41) is 0. The summed E-state index contributed by atoms with van der Waals surface area (Å²) in [6.07, 6.45) is 0.761. The highest BCUT2D eigenvalue weighted by Gasteiger charge is 2.25. The van der Waals surface area contributed by atoms with Crippen molar-refractivity contribution in [2.45, 2.75) is 33.2 Å². The van der Waals surface area contributed by atoms with Crippen molar-refractivity contribution in [3.63, 3.8) is 0 Å². The number of carbonyl (C=O) groups is 1. The molecule has 1 aliphatic rings. The Morgan fingerprint density at radius 2 is 1.90 bits per heavy atom. The molecule has 4 heteroatoms. The van der Waals surface area contributed by atoms with Crippen molar-refractivity contribution in [2.75, 3.05) is 31.1 Å². The predicted octanol–water partition coefficient (Wildman–Crippen LogP) is 2.02. The van der Waals surface area contributed by atoms with Crippen molar-refractivity contribution in [1.82, 2.24) is 4.90 Å². The van der Waals surface area contributed by atoms with Crippen LogP contribution in [0.5, 0.6) is 0 Å². The van der Waals surface area contributed by atoms with E-state index < -0.39 is 0 Å². The monoisotopic (exact) mass is 289 g/mol. The van der Waals surface area contributed by atoms with Crippen LogP contribution in [0.15, 0.2) is 24.3 Å². The number of benzene rings is 1. The van der Waals surface area contributed by atoms with Crippen LogP contribution in [0.4, 0.5) is 5.69 Å². The van der Waals surface area contributed by atoms with E-state index in [4.69, 9.17) is 5.73 Å². The molecule has 1 saturated heterocycles. The average molecular weight is 289 g/mol. The number of anilines is 1. The van der Waals surface area contributed by atoms with Gasteiger partial charge in [0, 0.05) is 31.9 Å². The predicted molar refractivity (Wildman–Crippen MR) is 87.4 cm³/mol. The first-order valence-corrected chi connectivity index (χ1v) is 7.83. The molecule has 1 atom stereocenters. The molecule has 2 N–H and O–H groups in total. The molecule has 116 valence electrons. The van der Waals surface area contributed by atoms with Gasteiger partial charge in [-0.25, -0.2) is 0 Å². The van der Waals surface area contributed by atoms with Crippen molar-refractivity contribution in [2.24, 2.45) is 11.7 Å². The molecule has 1 heterocycles. The molecule has 0 bridgehead atoms. The number of piperazine rings is 1. The van der Waals surface area contributed by atoms with Crippen LogP contribution in [-0.4, -0.2) is 43.0 Å². The lowest BCUT2D eigenvalue weighted by Gasteiger charge is -2.37. The number of nitrogens with two attached hydrogens (primary N) is 1. The number of hydrogen-bond acceptors (Lipinski definition) is 3. The zero-order valence-corrected chi connectivity index (χ0v) is 13.4. The van der Waals surface area contributed by atoms with Crippen LogP contribution in [0.25, 0.3) is 0 Å². The van der Waals surface area contributed by atoms with Gasteiger partial charge in [0.05, 0.1) is 6.04 Å². The van der Waals surface area contributed by atoms with Gasteiger partial charge in [0.15, 0.2) is 0 Å². The van der Waals surface area contributed by atoms with E-state index in [2.05, 4.69) is 49.9 Å². The van der Waals surface area contributed by atoms with E-state index in [1.807, 2.05) is 4.90 Å². The van der Waals surface area contributed by atoms with Crippen LogP contribution in [0.1, 0.15) is 25.8 Å². The van der Waals surface area contributed by atoms with Crippen molar-refractivity contribution in [1.29, 1.82) is 0 Å². The summed E-state index contributed by atoms with van der Waals surface area (Å²) in [6, 6.07) is 8.17. The zero-order chi connectivity index (χ0) is 15.4. The summed E-state index contributed by atoms with van der Waals surface area (Å²) < 4.78 is 0.